The van der Waals surface area contributed by atoms with Gasteiger partial charge in [-0.3, -0.25) is 0 Å². The van der Waals surface area contributed by atoms with Gasteiger partial charge >= 0.3 is 0 Å². The second-order valence-corrected chi connectivity index (χ2v) is 5.61. The Morgan fingerprint density at radius 1 is 1.11 bits per heavy atom. The molecule has 0 heterocycles. The maximum atomic E-state index is 13.5. The second kappa shape index (κ2) is 5.50. The van der Waals surface area contributed by atoms with Crippen LogP contribution >= 0.6 is 45.8 Å². The average molecular weight is 397 g/mol. The number of nitrogens with one attached hydrogen (secondary N) is 1. The van der Waals surface area contributed by atoms with Crippen LogP contribution in [0.5, 0.6) is 0 Å². The highest BCUT2D eigenvalue weighted by Gasteiger charge is 2.08. The van der Waals surface area contributed by atoms with Crippen molar-refractivity contribution in [2.45, 2.75) is 0 Å². The first-order chi connectivity index (χ1) is 8.47. The van der Waals surface area contributed by atoms with Crippen molar-refractivity contribution in [2.75, 3.05) is 11.1 Å². The van der Waals surface area contributed by atoms with Crippen molar-refractivity contribution in [1.82, 2.24) is 0 Å². The van der Waals surface area contributed by atoms with E-state index in [-0.39, 0.29) is 5.82 Å². The Balaban J connectivity index is 2.40. The SMILES string of the molecule is Nc1cc(I)c(F)cc1Nc1cc(Cl)ccc1Cl. The van der Waals surface area contributed by atoms with E-state index in [1.807, 2.05) is 22.6 Å². The summed E-state index contributed by atoms with van der Waals surface area (Å²) in [6, 6.07) is 7.86. The summed E-state index contributed by atoms with van der Waals surface area (Å²) in [4.78, 5) is 0. The molecular weight excluding hydrogens is 389 g/mol. The van der Waals surface area contributed by atoms with Crippen molar-refractivity contribution in [3.05, 3.63) is 49.8 Å². The number of benzene rings is 2. The molecule has 3 N–H and O–H groups in total. The maximum absolute atomic E-state index is 13.5. The molecule has 94 valence electrons. The van der Waals surface area contributed by atoms with Gasteiger partial charge < -0.3 is 11.1 Å². The lowest BCUT2D eigenvalue weighted by Crippen LogP contribution is -1.99. The summed E-state index contributed by atoms with van der Waals surface area (Å²) in [7, 11) is 0. The molecule has 2 rings (SSSR count). The molecule has 0 saturated carbocycles. The molecule has 0 fully saturated rings. The smallest absolute Gasteiger partial charge is 0.138 e. The monoisotopic (exact) mass is 396 g/mol. The first-order valence-corrected chi connectivity index (χ1v) is 6.77. The van der Waals surface area contributed by atoms with Crippen LogP contribution in [0.2, 0.25) is 10.0 Å². The highest BCUT2D eigenvalue weighted by atomic mass is 127. The third kappa shape index (κ3) is 2.99. The summed E-state index contributed by atoms with van der Waals surface area (Å²) >= 11 is 13.8. The Bertz CT molecular complexity index is 605. The number of rotatable bonds is 2. The minimum atomic E-state index is -0.342. The largest absolute Gasteiger partial charge is 0.397 e. The number of nitrogens with two attached hydrogens (primary N) is 1. The van der Waals surface area contributed by atoms with Gasteiger partial charge in [0.25, 0.3) is 0 Å². The third-order valence-electron chi connectivity index (χ3n) is 2.29. The molecule has 18 heavy (non-hydrogen) atoms. The average Bonchev–Trinajstić information content (AvgIpc) is 2.30. The van der Waals surface area contributed by atoms with Gasteiger partial charge in [-0.25, -0.2) is 4.39 Å². The van der Waals surface area contributed by atoms with E-state index in [4.69, 9.17) is 28.9 Å². The van der Waals surface area contributed by atoms with Gasteiger partial charge in [-0.1, -0.05) is 23.2 Å². The second-order valence-electron chi connectivity index (χ2n) is 3.60. The molecule has 0 aliphatic rings. The molecule has 0 aliphatic heterocycles. The molecule has 2 aromatic rings. The molecule has 0 unspecified atom stereocenters. The highest BCUT2D eigenvalue weighted by Crippen LogP contribution is 2.32. The van der Waals surface area contributed by atoms with Crippen molar-refractivity contribution in [3.8, 4) is 0 Å². The Morgan fingerprint density at radius 3 is 2.56 bits per heavy atom. The van der Waals surface area contributed by atoms with Gasteiger partial charge in [-0.05, 0) is 46.9 Å². The zero-order valence-corrected chi connectivity index (χ0v) is 12.6. The van der Waals surface area contributed by atoms with Crippen molar-refractivity contribution in [1.29, 1.82) is 0 Å². The van der Waals surface area contributed by atoms with E-state index in [9.17, 15) is 4.39 Å². The minimum Gasteiger partial charge on any atom is -0.397 e. The van der Waals surface area contributed by atoms with Crippen LogP contribution in [-0.2, 0) is 0 Å². The molecule has 0 bridgehead atoms. The van der Waals surface area contributed by atoms with Crippen LogP contribution in [0.4, 0.5) is 21.5 Å². The number of halogens is 4. The van der Waals surface area contributed by atoms with Crippen LogP contribution in [0.25, 0.3) is 0 Å². The van der Waals surface area contributed by atoms with Crippen LogP contribution in [-0.4, -0.2) is 0 Å². The van der Waals surface area contributed by atoms with Crippen molar-refractivity contribution >= 4 is 62.9 Å². The van der Waals surface area contributed by atoms with Gasteiger partial charge in [0.15, 0.2) is 0 Å². The maximum Gasteiger partial charge on any atom is 0.138 e. The van der Waals surface area contributed by atoms with E-state index in [1.165, 1.54) is 6.07 Å². The summed E-state index contributed by atoms with van der Waals surface area (Å²) in [6.45, 7) is 0. The number of hydrogen-bond acceptors (Lipinski definition) is 2. The predicted octanol–water partition coefficient (Wildman–Crippen LogP) is 5.06. The summed E-state index contributed by atoms with van der Waals surface area (Å²) in [5.41, 5.74) is 7.29. The molecule has 0 aliphatic carbocycles. The summed E-state index contributed by atoms with van der Waals surface area (Å²) in [5.74, 6) is -0.342. The normalized spacial score (nSPS) is 10.4. The molecule has 0 saturated heterocycles. The first kappa shape index (κ1) is 13.7. The molecular formula is C12H8Cl2FIN2. The quantitative estimate of drug-likeness (QED) is 0.549. The van der Waals surface area contributed by atoms with Gasteiger partial charge in [0, 0.05) is 11.1 Å². The molecule has 0 atom stereocenters. The number of nitrogen functional groups attached to an aromatic ring is 1. The van der Waals surface area contributed by atoms with E-state index in [2.05, 4.69) is 5.32 Å². The van der Waals surface area contributed by atoms with Crippen molar-refractivity contribution in [3.63, 3.8) is 0 Å². The lowest BCUT2D eigenvalue weighted by molar-refractivity contribution is 0.621. The number of hydrogen-bond donors (Lipinski definition) is 2. The van der Waals surface area contributed by atoms with Crippen molar-refractivity contribution < 1.29 is 4.39 Å². The van der Waals surface area contributed by atoms with Crippen LogP contribution in [0.3, 0.4) is 0 Å². The molecule has 2 nitrogen and oxygen atoms in total. The Kier molecular flexibility index (Phi) is 4.19. The van der Waals surface area contributed by atoms with Crippen LogP contribution < -0.4 is 11.1 Å². The fourth-order valence-corrected chi connectivity index (χ4v) is 2.24. The van der Waals surface area contributed by atoms with E-state index in [1.54, 1.807) is 24.3 Å². The summed E-state index contributed by atoms with van der Waals surface area (Å²) in [6.07, 6.45) is 0. The van der Waals surface area contributed by atoms with Gasteiger partial charge in [-0.15, -0.1) is 0 Å². The molecule has 0 amide bonds. The Hall–Kier alpha value is -0.720. The topological polar surface area (TPSA) is 38.0 Å². The molecule has 6 heteroatoms. The van der Waals surface area contributed by atoms with E-state index in [0.29, 0.717) is 30.7 Å². The number of anilines is 3. The van der Waals surface area contributed by atoms with E-state index >= 15 is 0 Å². The predicted molar refractivity (Wildman–Crippen MR) is 83.3 cm³/mol. The van der Waals surface area contributed by atoms with Gasteiger partial charge in [0.05, 0.1) is 25.7 Å². The standard InChI is InChI=1S/C12H8Cl2FIN2/c13-6-1-2-7(14)11(3-6)18-12-4-8(15)9(16)5-10(12)17/h1-5,18H,17H2. The third-order valence-corrected chi connectivity index (χ3v) is 3.68. The zero-order chi connectivity index (χ0) is 13.3. The molecule has 0 radical (unpaired) electrons. The van der Waals surface area contributed by atoms with E-state index in [0.717, 1.165) is 0 Å². The lowest BCUT2D eigenvalue weighted by Gasteiger charge is -2.12. The lowest BCUT2D eigenvalue weighted by atomic mass is 10.2. The van der Waals surface area contributed by atoms with Gasteiger partial charge in [-0.2, -0.15) is 0 Å². The fourth-order valence-electron chi connectivity index (χ4n) is 1.41. The van der Waals surface area contributed by atoms with Crippen LogP contribution in [0.15, 0.2) is 30.3 Å². The van der Waals surface area contributed by atoms with E-state index < -0.39 is 0 Å². The fraction of sp³-hybridized carbons (Fsp3) is 0. The first-order valence-electron chi connectivity index (χ1n) is 4.94. The van der Waals surface area contributed by atoms with Crippen LogP contribution in [0.1, 0.15) is 0 Å². The summed E-state index contributed by atoms with van der Waals surface area (Å²) < 4.78 is 13.9. The zero-order valence-electron chi connectivity index (χ0n) is 8.98. The van der Waals surface area contributed by atoms with Crippen molar-refractivity contribution in [2.24, 2.45) is 0 Å². The highest BCUT2D eigenvalue weighted by molar-refractivity contribution is 14.1. The Labute approximate surface area is 127 Å². The van der Waals surface area contributed by atoms with Gasteiger partial charge in [0.1, 0.15) is 5.82 Å². The molecule has 2 aromatic carbocycles. The Morgan fingerprint density at radius 2 is 1.83 bits per heavy atom. The molecule has 0 aromatic heterocycles. The molecule has 0 spiro atoms. The van der Waals surface area contributed by atoms with Gasteiger partial charge in [0.2, 0.25) is 0 Å². The minimum absolute atomic E-state index is 0.342. The summed E-state index contributed by atoms with van der Waals surface area (Å²) in [5, 5.41) is 3.98. The van der Waals surface area contributed by atoms with Crippen LogP contribution in [0, 0.1) is 9.39 Å².